The van der Waals surface area contributed by atoms with Crippen LogP contribution in [0.5, 0.6) is 0 Å². The molecule has 2 fully saturated rings. The summed E-state index contributed by atoms with van der Waals surface area (Å²) in [5.74, 6) is 0.789. The number of fused-ring (bicyclic) bond motifs is 1. The summed E-state index contributed by atoms with van der Waals surface area (Å²) in [5, 5.41) is 14.2. The third kappa shape index (κ3) is 4.83. The monoisotopic (exact) mass is 497 g/mol. The van der Waals surface area contributed by atoms with E-state index >= 15 is 0 Å². The number of tetrazole rings is 1. The summed E-state index contributed by atoms with van der Waals surface area (Å²) in [7, 11) is 0. The molecule has 2 aliphatic rings. The highest BCUT2D eigenvalue weighted by molar-refractivity contribution is 5.83. The third-order valence-electron chi connectivity index (χ3n) is 8.07. The second kappa shape index (κ2) is 10.2. The topological polar surface area (TPSA) is 82.9 Å². The van der Waals surface area contributed by atoms with Crippen LogP contribution < -0.4 is 5.56 Å². The molecule has 8 nitrogen and oxygen atoms in total. The minimum atomic E-state index is -0.288. The molecular formula is C29H35N7O. The summed E-state index contributed by atoms with van der Waals surface area (Å²) < 4.78 is 2.01. The largest absolute Gasteiger partial charge is 0.321 e. The van der Waals surface area contributed by atoms with Gasteiger partial charge in [-0.2, -0.15) is 0 Å². The number of aryl methyl sites for hydroxylation is 2. The quantitative estimate of drug-likeness (QED) is 0.431. The molecule has 1 unspecified atom stereocenters. The summed E-state index contributed by atoms with van der Waals surface area (Å²) in [6, 6.07) is 17.0. The van der Waals surface area contributed by atoms with Gasteiger partial charge >= 0.3 is 0 Å². The summed E-state index contributed by atoms with van der Waals surface area (Å²) in [5.41, 5.74) is 5.17. The lowest BCUT2D eigenvalue weighted by Gasteiger charge is -2.39. The van der Waals surface area contributed by atoms with E-state index < -0.39 is 0 Å². The molecule has 6 rings (SSSR count). The number of hydrogen-bond acceptors (Lipinski definition) is 6. The van der Waals surface area contributed by atoms with Crippen LogP contribution in [0.15, 0.2) is 53.3 Å². The Morgan fingerprint density at radius 2 is 1.76 bits per heavy atom. The molecule has 8 heteroatoms. The summed E-state index contributed by atoms with van der Waals surface area (Å²) >= 11 is 0. The van der Waals surface area contributed by atoms with E-state index in [1.54, 1.807) is 0 Å². The highest BCUT2D eigenvalue weighted by Gasteiger charge is 2.34. The van der Waals surface area contributed by atoms with E-state index in [0.717, 1.165) is 73.4 Å². The van der Waals surface area contributed by atoms with Crippen molar-refractivity contribution >= 4 is 10.9 Å². The molecule has 2 aromatic heterocycles. The second-order valence-electron chi connectivity index (χ2n) is 10.7. The van der Waals surface area contributed by atoms with Gasteiger partial charge in [-0.25, -0.2) is 4.68 Å². The van der Waals surface area contributed by atoms with E-state index in [4.69, 9.17) is 0 Å². The van der Waals surface area contributed by atoms with E-state index in [1.807, 2.05) is 4.68 Å². The average molecular weight is 498 g/mol. The van der Waals surface area contributed by atoms with Crippen LogP contribution in [0.1, 0.15) is 65.8 Å². The minimum Gasteiger partial charge on any atom is -0.321 e. The molecule has 0 bridgehead atoms. The number of aromatic nitrogens is 5. The maximum Gasteiger partial charge on any atom is 0.253 e. The number of nitrogens with zero attached hydrogens (tertiary/aromatic N) is 6. The first-order valence-corrected chi connectivity index (χ1v) is 13.5. The van der Waals surface area contributed by atoms with Crippen LogP contribution in [-0.4, -0.2) is 61.2 Å². The Labute approximate surface area is 217 Å². The molecule has 0 spiro atoms. The molecule has 1 aliphatic carbocycles. The predicted molar refractivity (Wildman–Crippen MR) is 144 cm³/mol. The Morgan fingerprint density at radius 3 is 2.51 bits per heavy atom. The van der Waals surface area contributed by atoms with Gasteiger partial charge in [-0.15, -0.1) is 5.10 Å². The van der Waals surface area contributed by atoms with Crippen LogP contribution >= 0.6 is 0 Å². The lowest BCUT2D eigenvalue weighted by molar-refractivity contribution is 0.0989. The molecule has 3 heterocycles. The van der Waals surface area contributed by atoms with Gasteiger partial charge in [0.25, 0.3) is 5.56 Å². The van der Waals surface area contributed by atoms with Crippen molar-refractivity contribution in [3.05, 3.63) is 87.0 Å². The maximum absolute atomic E-state index is 13.6. The van der Waals surface area contributed by atoms with Gasteiger partial charge in [-0.05, 0) is 65.8 Å². The molecule has 1 N–H and O–H groups in total. The molecule has 1 saturated carbocycles. The maximum atomic E-state index is 13.6. The molecule has 2 aromatic carbocycles. The Balaban J connectivity index is 1.37. The van der Waals surface area contributed by atoms with Crippen LogP contribution in [0.2, 0.25) is 0 Å². The fourth-order valence-electron chi connectivity index (χ4n) is 6.22. The van der Waals surface area contributed by atoms with Crippen molar-refractivity contribution in [1.82, 2.24) is 35.0 Å². The van der Waals surface area contributed by atoms with Crippen LogP contribution in [0.4, 0.5) is 0 Å². The summed E-state index contributed by atoms with van der Waals surface area (Å²) in [6.07, 6.45) is 4.56. The number of hydrogen-bond donors (Lipinski definition) is 1. The van der Waals surface area contributed by atoms with E-state index in [1.165, 1.54) is 24.0 Å². The van der Waals surface area contributed by atoms with Gasteiger partial charge in [0.2, 0.25) is 0 Å². The predicted octanol–water partition coefficient (Wildman–Crippen LogP) is 4.15. The molecular weight excluding hydrogens is 462 g/mol. The zero-order valence-electron chi connectivity index (χ0n) is 21.7. The fraction of sp³-hybridized carbons (Fsp3) is 0.448. The van der Waals surface area contributed by atoms with Crippen molar-refractivity contribution in [2.75, 3.05) is 26.2 Å². The lowest BCUT2D eigenvalue weighted by atomic mass is 10.00. The van der Waals surface area contributed by atoms with Gasteiger partial charge in [0, 0.05) is 38.3 Å². The zero-order valence-corrected chi connectivity index (χ0v) is 21.7. The van der Waals surface area contributed by atoms with Crippen molar-refractivity contribution in [3.63, 3.8) is 0 Å². The van der Waals surface area contributed by atoms with E-state index in [2.05, 4.69) is 92.7 Å². The summed E-state index contributed by atoms with van der Waals surface area (Å²) in [6.45, 7) is 8.64. The van der Waals surface area contributed by atoms with Crippen LogP contribution in [0.25, 0.3) is 10.9 Å². The van der Waals surface area contributed by atoms with Crippen LogP contribution in [-0.2, 0) is 6.54 Å². The number of H-pyrrole nitrogens is 1. The molecule has 1 atom stereocenters. The van der Waals surface area contributed by atoms with E-state index in [0.29, 0.717) is 6.04 Å². The Bertz CT molecular complexity index is 1430. The van der Waals surface area contributed by atoms with Crippen molar-refractivity contribution in [2.45, 2.75) is 58.2 Å². The van der Waals surface area contributed by atoms with Gasteiger partial charge in [0.15, 0.2) is 5.82 Å². The Hall–Kier alpha value is -3.36. The first kappa shape index (κ1) is 24.0. The minimum absolute atomic E-state index is 0.0582. The van der Waals surface area contributed by atoms with Gasteiger partial charge < -0.3 is 4.98 Å². The first-order chi connectivity index (χ1) is 18.1. The number of rotatable bonds is 6. The zero-order chi connectivity index (χ0) is 25.4. The molecule has 1 saturated heterocycles. The number of aromatic amines is 1. The second-order valence-corrected chi connectivity index (χ2v) is 10.7. The number of piperazine rings is 1. The summed E-state index contributed by atoms with van der Waals surface area (Å²) in [4.78, 5) is 21.7. The fourth-order valence-corrected chi connectivity index (χ4v) is 6.22. The molecule has 0 radical (unpaired) electrons. The van der Waals surface area contributed by atoms with Crippen molar-refractivity contribution < 1.29 is 0 Å². The van der Waals surface area contributed by atoms with Crippen LogP contribution in [0, 0.1) is 13.8 Å². The number of pyridine rings is 1. The van der Waals surface area contributed by atoms with Crippen molar-refractivity contribution in [1.29, 1.82) is 0 Å². The molecule has 0 amide bonds. The van der Waals surface area contributed by atoms with Gasteiger partial charge in [-0.1, -0.05) is 54.8 Å². The van der Waals surface area contributed by atoms with E-state index in [9.17, 15) is 4.79 Å². The number of nitrogens with one attached hydrogen (secondary N) is 1. The Kier molecular flexibility index (Phi) is 6.61. The smallest absolute Gasteiger partial charge is 0.253 e. The lowest BCUT2D eigenvalue weighted by Crippen LogP contribution is -2.48. The third-order valence-corrected chi connectivity index (χ3v) is 8.07. The van der Waals surface area contributed by atoms with Gasteiger partial charge in [-0.3, -0.25) is 14.6 Å². The standard InChI is InChI=1S/C29H35N7O/c1-20-16-21(2)26-23(17-20)18-25(29(37)30-26)27(28-31-32-33-36(28)24-10-6-7-11-24)35-14-12-34(13-15-35)19-22-8-4-3-5-9-22/h3-5,8-9,16-18,24,27H,6-7,10-15,19H2,1-2H3,(H,30,37). The van der Waals surface area contributed by atoms with Gasteiger partial charge in [0.05, 0.1) is 11.6 Å². The van der Waals surface area contributed by atoms with Crippen molar-refractivity contribution in [3.8, 4) is 0 Å². The van der Waals surface area contributed by atoms with Gasteiger partial charge in [0.1, 0.15) is 6.04 Å². The molecule has 1 aliphatic heterocycles. The van der Waals surface area contributed by atoms with E-state index in [-0.39, 0.29) is 11.6 Å². The van der Waals surface area contributed by atoms with Crippen molar-refractivity contribution in [2.24, 2.45) is 0 Å². The first-order valence-electron chi connectivity index (χ1n) is 13.5. The SMILES string of the molecule is Cc1cc(C)c2[nH]c(=O)c(C(c3nnnn3C3CCCC3)N3CCN(Cc4ccccc4)CC3)cc2c1. The highest BCUT2D eigenvalue weighted by Crippen LogP contribution is 2.34. The highest BCUT2D eigenvalue weighted by atomic mass is 16.1. The molecule has 4 aromatic rings. The molecule has 37 heavy (non-hydrogen) atoms. The number of benzene rings is 2. The normalized spacial score (nSPS) is 18.5. The average Bonchev–Trinajstić information content (AvgIpc) is 3.59. The van der Waals surface area contributed by atoms with Crippen LogP contribution in [0.3, 0.4) is 0 Å². The molecule has 192 valence electrons. The Morgan fingerprint density at radius 1 is 1.00 bits per heavy atom.